The van der Waals surface area contributed by atoms with Gasteiger partial charge in [-0.05, 0) is 38.8 Å². The van der Waals surface area contributed by atoms with Crippen LogP contribution in [0.15, 0.2) is 30.3 Å². The Hall–Kier alpha value is -0.860. The van der Waals surface area contributed by atoms with Crippen LogP contribution in [0.1, 0.15) is 52.1 Å². The lowest BCUT2D eigenvalue weighted by Gasteiger charge is -2.38. The van der Waals surface area contributed by atoms with Crippen LogP contribution in [0.4, 0.5) is 0 Å². The molecule has 1 aromatic carbocycles. The van der Waals surface area contributed by atoms with Crippen LogP contribution in [0.2, 0.25) is 0 Å². The fraction of sp³-hybridized carbons (Fsp3) is 0.625. The van der Waals surface area contributed by atoms with Gasteiger partial charge in [0.15, 0.2) is 0 Å². The first kappa shape index (κ1) is 15.2. The van der Waals surface area contributed by atoms with Gasteiger partial charge in [0.05, 0.1) is 0 Å². The molecular formula is C16H28N2. The van der Waals surface area contributed by atoms with Gasteiger partial charge in [-0.1, -0.05) is 44.2 Å². The maximum Gasteiger partial charge on any atom is 0.0453 e. The number of hydrogen-bond acceptors (Lipinski definition) is 2. The lowest BCUT2D eigenvalue weighted by Crippen LogP contribution is -2.46. The zero-order valence-electron chi connectivity index (χ0n) is 12.3. The molecule has 0 amide bonds. The second-order valence-corrected chi connectivity index (χ2v) is 5.24. The number of rotatable bonds is 7. The molecule has 2 unspecified atom stereocenters. The highest BCUT2D eigenvalue weighted by molar-refractivity contribution is 5.20. The molecule has 1 rings (SSSR count). The molecule has 0 aromatic heterocycles. The molecular weight excluding hydrogens is 220 g/mol. The maximum absolute atomic E-state index is 6.48. The Morgan fingerprint density at radius 2 is 1.72 bits per heavy atom. The third kappa shape index (κ3) is 3.82. The molecule has 0 bridgehead atoms. The normalized spacial score (nSPS) is 15.1. The first-order valence-corrected chi connectivity index (χ1v) is 7.18. The second kappa shape index (κ2) is 7.55. The molecule has 1 aromatic rings. The summed E-state index contributed by atoms with van der Waals surface area (Å²) in [5.74, 6) is 0. The molecule has 2 nitrogen and oxygen atoms in total. The Labute approximate surface area is 112 Å². The van der Waals surface area contributed by atoms with Crippen molar-refractivity contribution < 1.29 is 0 Å². The van der Waals surface area contributed by atoms with Crippen molar-refractivity contribution in [2.24, 2.45) is 5.73 Å². The summed E-state index contributed by atoms with van der Waals surface area (Å²) in [5.41, 5.74) is 7.72. The topological polar surface area (TPSA) is 29.3 Å². The van der Waals surface area contributed by atoms with Gasteiger partial charge in [-0.15, -0.1) is 0 Å². The van der Waals surface area contributed by atoms with E-state index in [1.54, 1.807) is 0 Å². The first-order valence-electron chi connectivity index (χ1n) is 7.18. The Bertz CT molecular complexity index is 321. The van der Waals surface area contributed by atoms with Crippen molar-refractivity contribution in [1.82, 2.24) is 4.90 Å². The number of nitrogens with zero attached hydrogens (tertiary/aromatic N) is 1. The minimum Gasteiger partial charge on any atom is -0.323 e. The van der Waals surface area contributed by atoms with Crippen LogP contribution in [0, 0.1) is 0 Å². The van der Waals surface area contributed by atoms with E-state index < -0.39 is 0 Å². The predicted octanol–water partition coefficient (Wildman–Crippen LogP) is 3.59. The van der Waals surface area contributed by atoms with Crippen LogP contribution in [-0.2, 0) is 0 Å². The molecule has 2 heteroatoms. The highest BCUT2D eigenvalue weighted by atomic mass is 15.2. The van der Waals surface area contributed by atoms with Gasteiger partial charge in [0, 0.05) is 18.1 Å². The van der Waals surface area contributed by atoms with Gasteiger partial charge in [-0.2, -0.15) is 0 Å². The van der Waals surface area contributed by atoms with E-state index in [1.807, 2.05) is 6.07 Å². The van der Waals surface area contributed by atoms with E-state index >= 15 is 0 Å². The largest absolute Gasteiger partial charge is 0.323 e. The molecule has 0 spiro atoms. The fourth-order valence-electron chi connectivity index (χ4n) is 2.66. The Morgan fingerprint density at radius 1 is 1.11 bits per heavy atom. The molecule has 0 heterocycles. The van der Waals surface area contributed by atoms with Crippen molar-refractivity contribution in [3.8, 4) is 0 Å². The first-order chi connectivity index (χ1) is 8.61. The van der Waals surface area contributed by atoms with Gasteiger partial charge in [0.1, 0.15) is 0 Å². The second-order valence-electron chi connectivity index (χ2n) is 5.24. The summed E-state index contributed by atoms with van der Waals surface area (Å²) in [6.07, 6.45) is 2.27. The molecule has 2 N–H and O–H groups in total. The molecule has 2 atom stereocenters. The van der Waals surface area contributed by atoms with Crippen LogP contribution in [-0.4, -0.2) is 23.5 Å². The summed E-state index contributed by atoms with van der Waals surface area (Å²) in [6.45, 7) is 10.1. The highest BCUT2D eigenvalue weighted by Crippen LogP contribution is 2.23. The molecule has 0 saturated carbocycles. The molecule has 0 aliphatic carbocycles. The average Bonchev–Trinajstić information content (AvgIpc) is 2.39. The summed E-state index contributed by atoms with van der Waals surface area (Å²) < 4.78 is 0. The van der Waals surface area contributed by atoms with Crippen LogP contribution in [0.25, 0.3) is 0 Å². The van der Waals surface area contributed by atoms with E-state index in [4.69, 9.17) is 5.73 Å². The summed E-state index contributed by atoms with van der Waals surface area (Å²) in [4.78, 5) is 2.54. The summed E-state index contributed by atoms with van der Waals surface area (Å²) in [5, 5.41) is 0. The molecule has 0 radical (unpaired) electrons. The third-order valence-electron chi connectivity index (χ3n) is 3.59. The van der Waals surface area contributed by atoms with Gasteiger partial charge in [0.2, 0.25) is 0 Å². The minimum atomic E-state index is 0.102. The van der Waals surface area contributed by atoms with Crippen molar-refractivity contribution in [3.05, 3.63) is 35.9 Å². The molecule has 0 aliphatic rings. The van der Waals surface area contributed by atoms with E-state index in [2.05, 4.69) is 56.9 Å². The van der Waals surface area contributed by atoms with Crippen molar-refractivity contribution in [2.45, 2.75) is 58.7 Å². The van der Waals surface area contributed by atoms with Gasteiger partial charge in [-0.3, -0.25) is 4.90 Å². The van der Waals surface area contributed by atoms with Crippen molar-refractivity contribution in [3.63, 3.8) is 0 Å². The quantitative estimate of drug-likeness (QED) is 0.799. The summed E-state index contributed by atoms with van der Waals surface area (Å²) in [6, 6.07) is 11.5. The zero-order valence-corrected chi connectivity index (χ0v) is 12.3. The fourth-order valence-corrected chi connectivity index (χ4v) is 2.66. The van der Waals surface area contributed by atoms with Crippen LogP contribution >= 0.6 is 0 Å². The van der Waals surface area contributed by atoms with Gasteiger partial charge < -0.3 is 5.73 Å². The van der Waals surface area contributed by atoms with Gasteiger partial charge in [-0.25, -0.2) is 0 Å². The standard InChI is InChI=1S/C16H28N2/c1-5-12-18(13(3)4)15(6-2)16(17)14-10-8-7-9-11-14/h7-11,13,15-16H,5-6,12,17H2,1-4H3. The van der Waals surface area contributed by atoms with Crippen molar-refractivity contribution in [2.75, 3.05) is 6.54 Å². The van der Waals surface area contributed by atoms with E-state index in [0.717, 1.165) is 13.0 Å². The van der Waals surface area contributed by atoms with Crippen LogP contribution < -0.4 is 5.73 Å². The lowest BCUT2D eigenvalue weighted by molar-refractivity contribution is 0.128. The number of hydrogen-bond donors (Lipinski definition) is 1. The Balaban J connectivity index is 2.87. The minimum absolute atomic E-state index is 0.102. The lowest BCUT2D eigenvalue weighted by atomic mass is 9.95. The molecule has 0 fully saturated rings. The monoisotopic (exact) mass is 248 g/mol. The zero-order chi connectivity index (χ0) is 13.5. The average molecular weight is 248 g/mol. The third-order valence-corrected chi connectivity index (χ3v) is 3.59. The van der Waals surface area contributed by atoms with E-state index in [-0.39, 0.29) is 6.04 Å². The maximum atomic E-state index is 6.48. The molecule has 0 saturated heterocycles. The smallest absolute Gasteiger partial charge is 0.0453 e. The Kier molecular flexibility index (Phi) is 6.37. The number of nitrogens with two attached hydrogens (primary N) is 1. The van der Waals surface area contributed by atoms with E-state index in [9.17, 15) is 0 Å². The van der Waals surface area contributed by atoms with E-state index in [1.165, 1.54) is 12.0 Å². The van der Waals surface area contributed by atoms with Crippen molar-refractivity contribution in [1.29, 1.82) is 0 Å². The predicted molar refractivity (Wildman–Crippen MR) is 79.6 cm³/mol. The SMILES string of the molecule is CCCN(C(C)C)C(CC)C(N)c1ccccc1. The Morgan fingerprint density at radius 3 is 2.17 bits per heavy atom. The molecule has 102 valence electrons. The summed E-state index contributed by atoms with van der Waals surface area (Å²) in [7, 11) is 0. The molecule has 18 heavy (non-hydrogen) atoms. The highest BCUT2D eigenvalue weighted by Gasteiger charge is 2.25. The van der Waals surface area contributed by atoms with Crippen LogP contribution in [0.5, 0.6) is 0 Å². The van der Waals surface area contributed by atoms with Gasteiger partial charge >= 0.3 is 0 Å². The van der Waals surface area contributed by atoms with Crippen LogP contribution in [0.3, 0.4) is 0 Å². The van der Waals surface area contributed by atoms with Gasteiger partial charge in [0.25, 0.3) is 0 Å². The number of benzene rings is 1. The molecule has 0 aliphatic heterocycles. The summed E-state index contributed by atoms with van der Waals surface area (Å²) >= 11 is 0. The van der Waals surface area contributed by atoms with E-state index in [0.29, 0.717) is 12.1 Å². The van der Waals surface area contributed by atoms with Crippen molar-refractivity contribution >= 4 is 0 Å².